The van der Waals surface area contributed by atoms with Crippen molar-refractivity contribution in [3.8, 4) is 0 Å². The van der Waals surface area contributed by atoms with Crippen LogP contribution in [0.4, 0.5) is 11.5 Å². The highest BCUT2D eigenvalue weighted by Crippen LogP contribution is 2.24. The number of carbonyl (C=O) groups is 1. The number of amides is 1. The second kappa shape index (κ2) is 8.87. The third kappa shape index (κ3) is 4.48. The number of halogens is 1. The van der Waals surface area contributed by atoms with Gasteiger partial charge in [-0.3, -0.25) is 9.48 Å². The molecule has 0 aliphatic rings. The summed E-state index contributed by atoms with van der Waals surface area (Å²) in [5, 5.41) is 26.7. The van der Waals surface area contributed by atoms with Gasteiger partial charge in [0, 0.05) is 5.02 Å². The first-order valence-electron chi connectivity index (χ1n) is 9.96. The molecule has 0 atom stereocenters. The van der Waals surface area contributed by atoms with Gasteiger partial charge in [-0.05, 0) is 37.3 Å². The van der Waals surface area contributed by atoms with E-state index in [9.17, 15) is 14.9 Å². The van der Waals surface area contributed by atoms with Crippen molar-refractivity contribution in [3.05, 3.63) is 85.6 Å². The molecule has 0 aliphatic carbocycles. The second-order valence-corrected chi connectivity index (χ2v) is 7.85. The standard InChI is InChI=1S/C21H20ClN7O4/c1-12-19(13(2)28(24-12)10-15-6-4-5-7-17(15)22)23-21(30)20-16(14(3)33-26-20)11-27-9-8-18(25-27)29(31)32/h4-9H,10-11H2,1-3H3,(H,23,30). The van der Waals surface area contributed by atoms with Crippen LogP contribution in [-0.4, -0.2) is 35.5 Å². The van der Waals surface area contributed by atoms with Crippen LogP contribution in [0.15, 0.2) is 41.1 Å². The molecule has 170 valence electrons. The highest BCUT2D eigenvalue weighted by molar-refractivity contribution is 6.31. The van der Waals surface area contributed by atoms with Gasteiger partial charge in [0.05, 0.1) is 53.1 Å². The molecule has 3 heterocycles. The summed E-state index contributed by atoms with van der Waals surface area (Å²) in [5.74, 6) is -0.347. The number of nitrogens with zero attached hydrogens (tertiary/aromatic N) is 6. The molecule has 1 N–H and O–H groups in total. The van der Waals surface area contributed by atoms with Crippen LogP contribution in [-0.2, 0) is 13.1 Å². The molecule has 11 nitrogen and oxygen atoms in total. The fourth-order valence-corrected chi connectivity index (χ4v) is 3.64. The van der Waals surface area contributed by atoms with Gasteiger partial charge in [0.1, 0.15) is 5.76 Å². The molecule has 33 heavy (non-hydrogen) atoms. The van der Waals surface area contributed by atoms with Gasteiger partial charge < -0.3 is 20.0 Å². The smallest absolute Gasteiger partial charge is 0.361 e. The molecule has 0 unspecified atom stereocenters. The lowest BCUT2D eigenvalue weighted by molar-refractivity contribution is -0.389. The summed E-state index contributed by atoms with van der Waals surface area (Å²) in [4.78, 5) is 23.3. The summed E-state index contributed by atoms with van der Waals surface area (Å²) in [7, 11) is 0. The number of rotatable bonds is 7. The van der Waals surface area contributed by atoms with Crippen molar-refractivity contribution in [1.82, 2.24) is 24.7 Å². The number of hydrogen-bond acceptors (Lipinski definition) is 7. The fraction of sp³-hybridized carbons (Fsp3) is 0.238. The van der Waals surface area contributed by atoms with Crippen LogP contribution in [0, 0.1) is 30.9 Å². The van der Waals surface area contributed by atoms with Gasteiger partial charge >= 0.3 is 5.82 Å². The van der Waals surface area contributed by atoms with E-state index in [1.807, 2.05) is 31.2 Å². The summed E-state index contributed by atoms with van der Waals surface area (Å²) in [5.41, 5.74) is 3.41. The maximum absolute atomic E-state index is 13.0. The molecule has 4 rings (SSSR count). The van der Waals surface area contributed by atoms with Crippen molar-refractivity contribution in [2.75, 3.05) is 5.32 Å². The number of benzene rings is 1. The summed E-state index contributed by atoms with van der Waals surface area (Å²) >= 11 is 6.27. The normalized spacial score (nSPS) is 11.0. The fourth-order valence-electron chi connectivity index (χ4n) is 3.45. The summed E-state index contributed by atoms with van der Waals surface area (Å²) in [6.45, 7) is 5.85. The molecule has 0 radical (unpaired) electrons. The quantitative estimate of drug-likeness (QED) is 0.320. The first-order chi connectivity index (χ1) is 15.7. The minimum Gasteiger partial charge on any atom is -0.361 e. The van der Waals surface area contributed by atoms with E-state index in [-0.39, 0.29) is 18.1 Å². The Morgan fingerprint density at radius 1 is 1.18 bits per heavy atom. The van der Waals surface area contributed by atoms with Crippen molar-refractivity contribution >= 4 is 29.0 Å². The van der Waals surface area contributed by atoms with E-state index in [0.717, 1.165) is 11.3 Å². The zero-order valence-electron chi connectivity index (χ0n) is 18.1. The number of aromatic nitrogens is 5. The average Bonchev–Trinajstić information content (AvgIpc) is 3.46. The molecular weight excluding hydrogens is 450 g/mol. The number of nitro groups is 1. The molecule has 0 aliphatic heterocycles. The Bertz CT molecular complexity index is 1350. The number of hydrogen-bond donors (Lipinski definition) is 1. The zero-order valence-corrected chi connectivity index (χ0v) is 18.8. The lowest BCUT2D eigenvalue weighted by atomic mass is 10.1. The number of nitrogens with one attached hydrogen (secondary N) is 1. The third-order valence-corrected chi connectivity index (χ3v) is 5.60. The van der Waals surface area contributed by atoms with Crippen LogP contribution in [0.1, 0.15) is 38.8 Å². The first kappa shape index (κ1) is 22.2. The molecule has 0 spiro atoms. The number of carbonyl (C=O) groups excluding carboxylic acids is 1. The van der Waals surface area contributed by atoms with Gasteiger partial charge in [-0.25, -0.2) is 0 Å². The molecular formula is C21H20ClN7O4. The Morgan fingerprint density at radius 3 is 2.64 bits per heavy atom. The van der Waals surface area contributed by atoms with E-state index in [4.69, 9.17) is 16.1 Å². The van der Waals surface area contributed by atoms with E-state index >= 15 is 0 Å². The molecule has 0 fully saturated rings. The molecule has 0 bridgehead atoms. The third-order valence-electron chi connectivity index (χ3n) is 5.23. The van der Waals surface area contributed by atoms with Crippen molar-refractivity contribution in [3.63, 3.8) is 0 Å². The highest BCUT2D eigenvalue weighted by atomic mass is 35.5. The van der Waals surface area contributed by atoms with Crippen molar-refractivity contribution in [1.29, 1.82) is 0 Å². The van der Waals surface area contributed by atoms with E-state index in [1.165, 1.54) is 16.9 Å². The maximum atomic E-state index is 13.0. The molecule has 0 saturated carbocycles. The zero-order chi connectivity index (χ0) is 23.7. The minimum atomic E-state index is -0.587. The van der Waals surface area contributed by atoms with Gasteiger partial charge in [-0.15, -0.1) is 0 Å². The summed E-state index contributed by atoms with van der Waals surface area (Å²) < 4.78 is 8.34. The monoisotopic (exact) mass is 469 g/mol. The maximum Gasteiger partial charge on any atom is 0.389 e. The second-order valence-electron chi connectivity index (χ2n) is 7.44. The average molecular weight is 470 g/mol. The SMILES string of the molecule is Cc1nn(Cc2ccccc2Cl)c(C)c1NC(=O)c1noc(C)c1Cn1ccc([N+](=O)[O-])n1. The molecule has 12 heteroatoms. The van der Waals surface area contributed by atoms with Crippen molar-refractivity contribution in [2.45, 2.75) is 33.9 Å². The molecule has 1 aromatic carbocycles. The lowest BCUT2D eigenvalue weighted by Gasteiger charge is -2.08. The van der Waals surface area contributed by atoms with Gasteiger partial charge in [0.25, 0.3) is 5.91 Å². The van der Waals surface area contributed by atoms with Crippen LogP contribution in [0.5, 0.6) is 0 Å². The van der Waals surface area contributed by atoms with Crippen molar-refractivity contribution < 1.29 is 14.2 Å². The first-order valence-corrected chi connectivity index (χ1v) is 10.3. The highest BCUT2D eigenvalue weighted by Gasteiger charge is 2.24. The lowest BCUT2D eigenvalue weighted by Crippen LogP contribution is -2.17. The molecule has 4 aromatic rings. The Kier molecular flexibility index (Phi) is 5.97. The summed E-state index contributed by atoms with van der Waals surface area (Å²) in [6.07, 6.45) is 1.46. The van der Waals surface area contributed by atoms with Crippen molar-refractivity contribution in [2.24, 2.45) is 0 Å². The van der Waals surface area contributed by atoms with E-state index in [2.05, 4.69) is 20.7 Å². The van der Waals surface area contributed by atoms with Crippen LogP contribution < -0.4 is 5.32 Å². The predicted octanol–water partition coefficient (Wildman–Crippen LogP) is 3.90. The topological polar surface area (TPSA) is 134 Å². The Morgan fingerprint density at radius 2 is 1.94 bits per heavy atom. The minimum absolute atomic E-state index is 0.0725. The van der Waals surface area contributed by atoms with Crippen LogP contribution in [0.2, 0.25) is 5.02 Å². The summed E-state index contributed by atoms with van der Waals surface area (Å²) in [6, 6.07) is 8.77. The Balaban J connectivity index is 1.56. The predicted molar refractivity (Wildman–Crippen MR) is 119 cm³/mol. The Hall–Kier alpha value is -3.99. The largest absolute Gasteiger partial charge is 0.389 e. The molecule has 0 saturated heterocycles. The van der Waals surface area contributed by atoms with E-state index < -0.39 is 10.8 Å². The van der Waals surface area contributed by atoms with Gasteiger partial charge in [-0.1, -0.05) is 35.0 Å². The van der Waals surface area contributed by atoms with Crippen LogP contribution in [0.3, 0.4) is 0 Å². The molecule has 1 amide bonds. The van der Waals surface area contributed by atoms with Crippen LogP contribution in [0.25, 0.3) is 0 Å². The van der Waals surface area contributed by atoms with E-state index in [1.54, 1.807) is 18.5 Å². The Labute approximate surface area is 193 Å². The number of aryl methyl sites for hydroxylation is 2. The number of anilines is 1. The van der Waals surface area contributed by atoms with E-state index in [0.29, 0.717) is 34.3 Å². The van der Waals surface area contributed by atoms with Crippen LogP contribution >= 0.6 is 11.6 Å². The van der Waals surface area contributed by atoms with Gasteiger partial charge in [0.2, 0.25) is 0 Å². The molecule has 3 aromatic heterocycles. The van der Waals surface area contributed by atoms with Gasteiger partial charge in [-0.2, -0.15) is 9.78 Å². The van der Waals surface area contributed by atoms with Gasteiger partial charge in [0.15, 0.2) is 5.69 Å².